The van der Waals surface area contributed by atoms with Crippen LogP contribution in [0.25, 0.3) is 0 Å². The quantitative estimate of drug-likeness (QED) is 0.763. The van der Waals surface area contributed by atoms with E-state index in [0.717, 1.165) is 0 Å². The second-order valence-electron chi connectivity index (χ2n) is 6.50. The summed E-state index contributed by atoms with van der Waals surface area (Å²) < 4.78 is 19.6. The Morgan fingerprint density at radius 3 is 2.71 bits per heavy atom. The molecule has 0 spiro atoms. The molecule has 1 amide bonds. The van der Waals surface area contributed by atoms with Gasteiger partial charge in [0.05, 0.1) is 0 Å². The highest BCUT2D eigenvalue weighted by Crippen LogP contribution is 2.35. The number of rotatable bonds is 1. The van der Waals surface area contributed by atoms with Crippen molar-refractivity contribution in [2.75, 3.05) is 13.1 Å². The van der Waals surface area contributed by atoms with E-state index >= 15 is 0 Å². The van der Waals surface area contributed by atoms with Crippen molar-refractivity contribution in [1.82, 2.24) is 4.90 Å². The Bertz CT molecular complexity index is 554. The Balaban J connectivity index is 2.13. The van der Waals surface area contributed by atoms with E-state index in [1.165, 1.54) is 0 Å². The van der Waals surface area contributed by atoms with Crippen LogP contribution in [-0.2, 0) is 4.74 Å². The SMILES string of the molecule is Cc1ccc(Cl)c(C2CCN(C(=O)OC(C)(C)C)C2)c1F. The first-order valence-corrected chi connectivity index (χ1v) is 7.49. The maximum absolute atomic E-state index is 14.3. The molecule has 1 fully saturated rings. The Morgan fingerprint density at radius 2 is 2.10 bits per heavy atom. The molecule has 1 aromatic carbocycles. The van der Waals surface area contributed by atoms with Gasteiger partial charge in [-0.25, -0.2) is 9.18 Å². The van der Waals surface area contributed by atoms with E-state index in [2.05, 4.69) is 0 Å². The third kappa shape index (κ3) is 3.67. The molecular formula is C16H21ClFNO2. The standard InChI is InChI=1S/C16H21ClFNO2/c1-10-5-6-12(17)13(14(10)18)11-7-8-19(9-11)15(20)21-16(2,3)4/h5-6,11H,7-9H2,1-4H3. The van der Waals surface area contributed by atoms with Crippen LogP contribution >= 0.6 is 11.6 Å². The molecule has 5 heteroatoms. The van der Waals surface area contributed by atoms with Gasteiger partial charge in [-0.2, -0.15) is 0 Å². The van der Waals surface area contributed by atoms with Crippen molar-refractivity contribution in [1.29, 1.82) is 0 Å². The lowest BCUT2D eigenvalue weighted by Gasteiger charge is -2.24. The molecule has 0 saturated carbocycles. The number of likely N-dealkylation sites (tertiary alicyclic amines) is 1. The molecule has 0 radical (unpaired) electrons. The number of carbonyl (C=O) groups is 1. The lowest BCUT2D eigenvalue weighted by molar-refractivity contribution is 0.0292. The van der Waals surface area contributed by atoms with Crippen molar-refractivity contribution >= 4 is 17.7 Å². The largest absolute Gasteiger partial charge is 0.444 e. The van der Waals surface area contributed by atoms with Crippen LogP contribution in [0.5, 0.6) is 0 Å². The third-order valence-electron chi connectivity index (χ3n) is 3.57. The molecule has 1 aliphatic rings. The van der Waals surface area contributed by atoms with Gasteiger partial charge in [0.2, 0.25) is 0 Å². The van der Waals surface area contributed by atoms with Gasteiger partial charge in [0.25, 0.3) is 0 Å². The van der Waals surface area contributed by atoms with Crippen molar-refractivity contribution in [3.05, 3.63) is 34.1 Å². The first kappa shape index (κ1) is 16.1. The number of carbonyl (C=O) groups excluding carboxylic acids is 1. The lowest BCUT2D eigenvalue weighted by atomic mass is 9.96. The van der Waals surface area contributed by atoms with Gasteiger partial charge in [-0.3, -0.25) is 0 Å². The number of amides is 1. The molecule has 21 heavy (non-hydrogen) atoms. The van der Waals surface area contributed by atoms with Gasteiger partial charge in [0.15, 0.2) is 0 Å². The zero-order valence-electron chi connectivity index (χ0n) is 12.9. The summed E-state index contributed by atoms with van der Waals surface area (Å²) in [6.07, 6.45) is 0.341. The second-order valence-corrected chi connectivity index (χ2v) is 6.91. The summed E-state index contributed by atoms with van der Waals surface area (Å²) in [4.78, 5) is 13.7. The molecule has 1 atom stereocenters. The number of aryl methyl sites for hydroxylation is 1. The molecular weight excluding hydrogens is 293 g/mol. The number of hydrogen-bond acceptors (Lipinski definition) is 2. The van der Waals surface area contributed by atoms with Crippen LogP contribution in [0, 0.1) is 12.7 Å². The third-order valence-corrected chi connectivity index (χ3v) is 3.90. The number of benzene rings is 1. The van der Waals surface area contributed by atoms with Gasteiger partial charge in [0, 0.05) is 29.6 Å². The highest BCUT2D eigenvalue weighted by Gasteiger charge is 2.33. The maximum atomic E-state index is 14.3. The Labute approximate surface area is 130 Å². The average Bonchev–Trinajstić information content (AvgIpc) is 2.82. The molecule has 3 nitrogen and oxygen atoms in total. The van der Waals surface area contributed by atoms with Crippen LogP contribution < -0.4 is 0 Å². The molecule has 1 heterocycles. The molecule has 1 saturated heterocycles. The van der Waals surface area contributed by atoms with Crippen LogP contribution in [-0.4, -0.2) is 29.7 Å². The second kappa shape index (κ2) is 5.84. The molecule has 0 bridgehead atoms. The zero-order valence-corrected chi connectivity index (χ0v) is 13.6. The van der Waals surface area contributed by atoms with E-state index < -0.39 is 5.60 Å². The highest BCUT2D eigenvalue weighted by molar-refractivity contribution is 6.31. The summed E-state index contributed by atoms with van der Waals surface area (Å²) in [5, 5.41) is 0.425. The van der Waals surface area contributed by atoms with E-state index in [0.29, 0.717) is 35.7 Å². The fourth-order valence-electron chi connectivity index (χ4n) is 2.54. The number of hydrogen-bond donors (Lipinski definition) is 0. The van der Waals surface area contributed by atoms with E-state index in [9.17, 15) is 9.18 Å². The highest BCUT2D eigenvalue weighted by atomic mass is 35.5. The van der Waals surface area contributed by atoms with Gasteiger partial charge in [-0.15, -0.1) is 0 Å². The summed E-state index contributed by atoms with van der Waals surface area (Å²) in [6.45, 7) is 8.20. The molecule has 116 valence electrons. The van der Waals surface area contributed by atoms with Gasteiger partial charge in [-0.05, 0) is 45.7 Å². The Kier molecular flexibility index (Phi) is 4.47. The lowest BCUT2D eigenvalue weighted by Crippen LogP contribution is -2.35. The summed E-state index contributed by atoms with van der Waals surface area (Å²) in [5.41, 5.74) is 0.564. The van der Waals surface area contributed by atoms with Gasteiger partial charge in [0.1, 0.15) is 11.4 Å². The summed E-state index contributed by atoms with van der Waals surface area (Å²) in [5.74, 6) is -0.344. The van der Waals surface area contributed by atoms with E-state index in [-0.39, 0.29) is 17.8 Å². The summed E-state index contributed by atoms with van der Waals surface area (Å²) >= 11 is 6.14. The summed E-state index contributed by atoms with van der Waals surface area (Å²) in [7, 11) is 0. The number of ether oxygens (including phenoxy) is 1. The molecule has 1 aliphatic heterocycles. The van der Waals surface area contributed by atoms with E-state index in [1.54, 1.807) is 24.0 Å². The van der Waals surface area contributed by atoms with Crippen molar-refractivity contribution in [3.8, 4) is 0 Å². The Morgan fingerprint density at radius 1 is 1.43 bits per heavy atom. The molecule has 1 aromatic rings. The number of nitrogens with zero attached hydrogens (tertiary/aromatic N) is 1. The Hall–Kier alpha value is -1.29. The van der Waals surface area contributed by atoms with Crippen LogP contribution in [0.15, 0.2) is 12.1 Å². The first-order chi connectivity index (χ1) is 9.69. The average molecular weight is 314 g/mol. The van der Waals surface area contributed by atoms with E-state index in [1.807, 2.05) is 20.8 Å². The predicted octanol–water partition coefficient (Wildman–Crippen LogP) is 4.51. The molecule has 2 rings (SSSR count). The van der Waals surface area contributed by atoms with Crippen LogP contribution in [0.2, 0.25) is 5.02 Å². The monoisotopic (exact) mass is 313 g/mol. The van der Waals surface area contributed by atoms with Crippen molar-refractivity contribution in [2.45, 2.75) is 45.6 Å². The normalized spacial score (nSPS) is 19.0. The van der Waals surface area contributed by atoms with Crippen molar-refractivity contribution in [2.24, 2.45) is 0 Å². The predicted molar refractivity (Wildman–Crippen MR) is 81.3 cm³/mol. The fourth-order valence-corrected chi connectivity index (χ4v) is 2.84. The molecule has 0 aliphatic carbocycles. The fraction of sp³-hybridized carbons (Fsp3) is 0.562. The van der Waals surface area contributed by atoms with Gasteiger partial charge >= 0.3 is 6.09 Å². The van der Waals surface area contributed by atoms with Crippen LogP contribution in [0.4, 0.5) is 9.18 Å². The minimum atomic E-state index is -0.526. The molecule has 0 N–H and O–H groups in total. The number of halogens is 2. The van der Waals surface area contributed by atoms with Crippen molar-refractivity contribution < 1.29 is 13.9 Å². The zero-order chi connectivity index (χ0) is 15.8. The summed E-state index contributed by atoms with van der Waals surface area (Å²) in [6, 6.07) is 3.38. The van der Waals surface area contributed by atoms with Crippen LogP contribution in [0.3, 0.4) is 0 Å². The smallest absolute Gasteiger partial charge is 0.410 e. The minimum absolute atomic E-state index is 0.0788. The van der Waals surface area contributed by atoms with E-state index in [4.69, 9.17) is 16.3 Å². The minimum Gasteiger partial charge on any atom is -0.444 e. The van der Waals surface area contributed by atoms with Crippen molar-refractivity contribution in [3.63, 3.8) is 0 Å². The molecule has 1 unspecified atom stereocenters. The maximum Gasteiger partial charge on any atom is 0.410 e. The van der Waals surface area contributed by atoms with Crippen LogP contribution in [0.1, 0.15) is 44.2 Å². The van der Waals surface area contributed by atoms with Gasteiger partial charge < -0.3 is 9.64 Å². The molecule has 0 aromatic heterocycles. The first-order valence-electron chi connectivity index (χ1n) is 7.11. The van der Waals surface area contributed by atoms with Gasteiger partial charge in [-0.1, -0.05) is 17.7 Å². The topological polar surface area (TPSA) is 29.5 Å².